The smallest absolute Gasteiger partial charge is 0.224 e. The second kappa shape index (κ2) is 6.14. The topological polar surface area (TPSA) is 55.1 Å². The minimum atomic E-state index is -0.660. The fourth-order valence-corrected chi connectivity index (χ4v) is 1.75. The lowest BCUT2D eigenvalue weighted by Crippen LogP contribution is -2.13. The largest absolute Gasteiger partial charge is 0.399 e. The quantitative estimate of drug-likeness (QED) is 0.843. The van der Waals surface area contributed by atoms with Gasteiger partial charge in [0.1, 0.15) is 11.6 Å². The van der Waals surface area contributed by atoms with Crippen LogP contribution in [-0.4, -0.2) is 5.91 Å². The summed E-state index contributed by atoms with van der Waals surface area (Å²) in [6.45, 7) is 0. The van der Waals surface area contributed by atoms with Gasteiger partial charge in [-0.1, -0.05) is 12.1 Å². The van der Waals surface area contributed by atoms with E-state index < -0.39 is 11.6 Å². The van der Waals surface area contributed by atoms with Crippen molar-refractivity contribution >= 4 is 17.3 Å². The number of carbonyl (C=O) groups is 1. The summed E-state index contributed by atoms with van der Waals surface area (Å²) in [5.74, 6) is -1.63. The molecular formula is C15H14F2N2O. The van der Waals surface area contributed by atoms with E-state index in [2.05, 4.69) is 5.32 Å². The maximum absolute atomic E-state index is 13.3. The lowest BCUT2D eigenvalue weighted by atomic mass is 10.1. The molecule has 0 aliphatic heterocycles. The summed E-state index contributed by atoms with van der Waals surface area (Å²) in [5, 5.41) is 2.35. The summed E-state index contributed by atoms with van der Waals surface area (Å²) in [6, 6.07) is 10.1. The van der Waals surface area contributed by atoms with Gasteiger partial charge in [0.25, 0.3) is 0 Å². The van der Waals surface area contributed by atoms with Crippen molar-refractivity contribution in [3.63, 3.8) is 0 Å². The van der Waals surface area contributed by atoms with Crippen molar-refractivity contribution in [3.8, 4) is 0 Å². The minimum absolute atomic E-state index is 0.146. The Morgan fingerprint density at radius 1 is 1.10 bits per heavy atom. The number of nitrogens with one attached hydrogen (secondary N) is 1. The zero-order valence-electron chi connectivity index (χ0n) is 10.7. The second-order valence-electron chi connectivity index (χ2n) is 4.41. The summed E-state index contributed by atoms with van der Waals surface area (Å²) in [6.07, 6.45) is 0.683. The molecule has 20 heavy (non-hydrogen) atoms. The number of benzene rings is 2. The molecule has 0 bridgehead atoms. The normalized spacial score (nSPS) is 10.3. The highest BCUT2D eigenvalue weighted by Crippen LogP contribution is 2.16. The van der Waals surface area contributed by atoms with Gasteiger partial charge in [-0.15, -0.1) is 0 Å². The molecule has 0 atom stereocenters. The van der Waals surface area contributed by atoms with Crippen LogP contribution in [0.5, 0.6) is 0 Å². The Kier molecular flexibility index (Phi) is 4.30. The van der Waals surface area contributed by atoms with Crippen LogP contribution >= 0.6 is 0 Å². The van der Waals surface area contributed by atoms with E-state index in [4.69, 9.17) is 5.73 Å². The first-order chi connectivity index (χ1) is 9.54. The average Bonchev–Trinajstić information content (AvgIpc) is 2.42. The Morgan fingerprint density at radius 3 is 2.50 bits per heavy atom. The van der Waals surface area contributed by atoms with Crippen molar-refractivity contribution < 1.29 is 13.6 Å². The third kappa shape index (κ3) is 3.78. The first-order valence-electron chi connectivity index (χ1n) is 6.14. The van der Waals surface area contributed by atoms with E-state index in [1.807, 2.05) is 12.1 Å². The third-order valence-electron chi connectivity index (χ3n) is 2.82. The van der Waals surface area contributed by atoms with Crippen molar-refractivity contribution in [2.75, 3.05) is 11.1 Å². The standard InChI is InChI=1S/C15H14F2N2O/c16-11-4-7-13(17)14(9-11)19-15(20)8-3-10-1-5-12(18)6-2-10/h1-2,4-7,9H,3,8,18H2,(H,19,20). The van der Waals surface area contributed by atoms with Crippen LogP contribution in [0.2, 0.25) is 0 Å². The van der Waals surface area contributed by atoms with Gasteiger partial charge in [-0.05, 0) is 36.2 Å². The number of amides is 1. The number of hydrogen-bond acceptors (Lipinski definition) is 2. The van der Waals surface area contributed by atoms with Gasteiger partial charge in [0.2, 0.25) is 5.91 Å². The highest BCUT2D eigenvalue weighted by Gasteiger charge is 2.08. The zero-order valence-corrected chi connectivity index (χ0v) is 10.7. The van der Waals surface area contributed by atoms with Crippen molar-refractivity contribution in [2.24, 2.45) is 0 Å². The molecule has 104 valence electrons. The van der Waals surface area contributed by atoms with E-state index in [-0.39, 0.29) is 18.0 Å². The Hall–Kier alpha value is -2.43. The Balaban J connectivity index is 1.92. The molecule has 2 aromatic rings. The number of nitrogens with two attached hydrogens (primary N) is 1. The van der Waals surface area contributed by atoms with Crippen LogP contribution in [0.4, 0.5) is 20.2 Å². The van der Waals surface area contributed by atoms with Crippen LogP contribution in [0.15, 0.2) is 42.5 Å². The van der Waals surface area contributed by atoms with Gasteiger partial charge < -0.3 is 11.1 Å². The monoisotopic (exact) mass is 276 g/mol. The molecule has 0 aliphatic rings. The lowest BCUT2D eigenvalue weighted by molar-refractivity contribution is -0.116. The molecule has 3 N–H and O–H groups in total. The van der Waals surface area contributed by atoms with E-state index >= 15 is 0 Å². The van der Waals surface area contributed by atoms with Gasteiger partial charge in [0, 0.05) is 18.2 Å². The highest BCUT2D eigenvalue weighted by molar-refractivity contribution is 5.90. The lowest BCUT2D eigenvalue weighted by Gasteiger charge is -2.07. The molecule has 0 spiro atoms. The predicted octanol–water partition coefficient (Wildman–Crippen LogP) is 3.12. The van der Waals surface area contributed by atoms with Crippen LogP contribution < -0.4 is 11.1 Å². The maximum atomic E-state index is 13.3. The number of nitrogen functional groups attached to an aromatic ring is 1. The number of aryl methyl sites for hydroxylation is 1. The molecule has 0 fully saturated rings. The van der Waals surface area contributed by atoms with Crippen molar-refractivity contribution in [1.82, 2.24) is 0 Å². The Morgan fingerprint density at radius 2 is 1.80 bits per heavy atom. The number of halogens is 2. The fraction of sp³-hybridized carbons (Fsp3) is 0.133. The number of hydrogen-bond donors (Lipinski definition) is 2. The molecule has 0 unspecified atom stereocenters. The van der Waals surface area contributed by atoms with E-state index in [1.54, 1.807) is 12.1 Å². The Bertz CT molecular complexity index is 612. The molecular weight excluding hydrogens is 262 g/mol. The molecule has 0 aliphatic carbocycles. The van der Waals surface area contributed by atoms with Crippen LogP contribution in [0.25, 0.3) is 0 Å². The number of carbonyl (C=O) groups excluding carboxylic acids is 1. The summed E-state index contributed by atoms with van der Waals surface area (Å²) in [5.41, 5.74) is 7.02. The van der Waals surface area contributed by atoms with Crippen LogP contribution in [0, 0.1) is 11.6 Å². The van der Waals surface area contributed by atoms with Crippen LogP contribution in [-0.2, 0) is 11.2 Å². The van der Waals surface area contributed by atoms with Gasteiger partial charge in [0.15, 0.2) is 0 Å². The second-order valence-corrected chi connectivity index (χ2v) is 4.41. The summed E-state index contributed by atoms with van der Waals surface area (Å²) in [7, 11) is 0. The first-order valence-corrected chi connectivity index (χ1v) is 6.14. The summed E-state index contributed by atoms with van der Waals surface area (Å²) < 4.78 is 26.3. The summed E-state index contributed by atoms with van der Waals surface area (Å²) >= 11 is 0. The van der Waals surface area contributed by atoms with Crippen molar-refractivity contribution in [1.29, 1.82) is 0 Å². The average molecular weight is 276 g/mol. The molecule has 0 saturated carbocycles. The maximum Gasteiger partial charge on any atom is 0.224 e. The Labute approximate surface area is 115 Å². The zero-order chi connectivity index (χ0) is 14.5. The molecule has 2 aromatic carbocycles. The van der Waals surface area contributed by atoms with E-state index in [0.717, 1.165) is 23.8 Å². The van der Waals surface area contributed by atoms with Crippen LogP contribution in [0.1, 0.15) is 12.0 Å². The van der Waals surface area contributed by atoms with Crippen molar-refractivity contribution in [3.05, 3.63) is 59.7 Å². The minimum Gasteiger partial charge on any atom is -0.399 e. The third-order valence-corrected chi connectivity index (χ3v) is 2.82. The summed E-state index contributed by atoms with van der Waals surface area (Å²) in [4.78, 5) is 11.7. The van der Waals surface area contributed by atoms with Gasteiger partial charge in [-0.2, -0.15) is 0 Å². The van der Waals surface area contributed by atoms with Crippen LogP contribution in [0.3, 0.4) is 0 Å². The molecule has 2 rings (SSSR count). The molecule has 0 heterocycles. The van der Waals surface area contributed by atoms with Gasteiger partial charge >= 0.3 is 0 Å². The van der Waals surface area contributed by atoms with Crippen molar-refractivity contribution in [2.45, 2.75) is 12.8 Å². The molecule has 5 heteroatoms. The number of rotatable bonds is 4. The van der Waals surface area contributed by atoms with Gasteiger partial charge in [-0.25, -0.2) is 8.78 Å². The van der Waals surface area contributed by atoms with E-state index in [0.29, 0.717) is 12.1 Å². The molecule has 0 saturated heterocycles. The van der Waals surface area contributed by atoms with Gasteiger partial charge in [0.05, 0.1) is 5.69 Å². The van der Waals surface area contributed by atoms with E-state index in [9.17, 15) is 13.6 Å². The predicted molar refractivity (Wildman–Crippen MR) is 74.2 cm³/mol. The highest BCUT2D eigenvalue weighted by atomic mass is 19.1. The molecule has 0 aromatic heterocycles. The van der Waals surface area contributed by atoms with Gasteiger partial charge in [-0.3, -0.25) is 4.79 Å². The SMILES string of the molecule is Nc1ccc(CCC(=O)Nc2cc(F)ccc2F)cc1. The molecule has 0 radical (unpaired) electrons. The molecule has 3 nitrogen and oxygen atoms in total. The first kappa shape index (κ1) is 14.0. The van der Waals surface area contributed by atoms with E-state index in [1.165, 1.54) is 0 Å². The number of anilines is 2. The fourth-order valence-electron chi connectivity index (χ4n) is 1.75. The molecule has 1 amide bonds.